The number of aliphatic hydroxyl groups is 1. The topological polar surface area (TPSA) is 72.8 Å². The van der Waals surface area contributed by atoms with Crippen LogP contribution in [0.2, 0.25) is 0 Å². The zero-order chi connectivity index (χ0) is 15.2. The summed E-state index contributed by atoms with van der Waals surface area (Å²) >= 11 is 0. The first-order chi connectivity index (χ1) is 9.48. The number of hydrogen-bond acceptors (Lipinski definition) is 5. The number of esters is 2. The van der Waals surface area contributed by atoms with Crippen LogP contribution in [0.5, 0.6) is 0 Å². The normalized spacial score (nSPS) is 23.8. The third-order valence-corrected chi connectivity index (χ3v) is 4.12. The van der Waals surface area contributed by atoms with Crippen molar-refractivity contribution in [1.29, 1.82) is 0 Å². The van der Waals surface area contributed by atoms with Crippen LogP contribution in [0.1, 0.15) is 52.9 Å². The first-order valence-electron chi connectivity index (χ1n) is 7.50. The van der Waals surface area contributed by atoms with Gasteiger partial charge in [-0.05, 0) is 33.6 Å². The van der Waals surface area contributed by atoms with Gasteiger partial charge in [0.2, 0.25) is 0 Å². The first kappa shape index (κ1) is 17.0. The molecular weight excluding hydrogens is 260 g/mol. The maximum absolute atomic E-state index is 12.3. The van der Waals surface area contributed by atoms with Gasteiger partial charge < -0.3 is 14.6 Å². The highest BCUT2D eigenvalue weighted by Gasteiger charge is 2.53. The van der Waals surface area contributed by atoms with Crippen molar-refractivity contribution in [2.24, 2.45) is 11.3 Å². The lowest BCUT2D eigenvalue weighted by atomic mass is 9.71. The Morgan fingerprint density at radius 2 is 1.55 bits per heavy atom. The van der Waals surface area contributed by atoms with Crippen LogP contribution in [0, 0.1) is 11.3 Å². The fourth-order valence-corrected chi connectivity index (χ4v) is 2.91. The summed E-state index contributed by atoms with van der Waals surface area (Å²) in [5.74, 6) is -1.63. The van der Waals surface area contributed by atoms with Gasteiger partial charge in [-0.25, -0.2) is 0 Å². The van der Waals surface area contributed by atoms with Gasteiger partial charge in [0.15, 0.2) is 5.41 Å². The minimum atomic E-state index is -1.42. The largest absolute Gasteiger partial charge is 0.465 e. The predicted octanol–water partition coefficient (Wildman–Crippen LogP) is 2.06. The summed E-state index contributed by atoms with van der Waals surface area (Å²) in [5, 5.41) is 10.3. The molecule has 0 saturated heterocycles. The van der Waals surface area contributed by atoms with E-state index >= 15 is 0 Å². The van der Waals surface area contributed by atoms with Crippen LogP contribution in [0.15, 0.2) is 0 Å². The van der Waals surface area contributed by atoms with E-state index in [0.29, 0.717) is 12.8 Å². The van der Waals surface area contributed by atoms with E-state index in [9.17, 15) is 14.7 Å². The lowest BCUT2D eigenvalue weighted by Gasteiger charge is -2.35. The number of rotatable bonds is 5. The van der Waals surface area contributed by atoms with E-state index in [2.05, 4.69) is 0 Å². The third kappa shape index (κ3) is 3.51. The van der Waals surface area contributed by atoms with E-state index in [1.807, 2.05) is 0 Å². The monoisotopic (exact) mass is 286 g/mol. The molecule has 1 aliphatic carbocycles. The van der Waals surface area contributed by atoms with E-state index in [0.717, 1.165) is 19.3 Å². The highest BCUT2D eigenvalue weighted by molar-refractivity contribution is 6.00. The second kappa shape index (κ2) is 7.62. The van der Waals surface area contributed by atoms with Crippen molar-refractivity contribution in [3.8, 4) is 0 Å². The van der Waals surface area contributed by atoms with Gasteiger partial charge in [0.1, 0.15) is 0 Å². The molecule has 2 atom stereocenters. The standard InChI is InChI=1S/C15H26O5/c1-4-19-13(17)15(3,14(18)20-5-2)11-9-7-6-8-10-12(11)16/h11-12,16H,4-10H2,1-3H3. The molecule has 116 valence electrons. The Morgan fingerprint density at radius 3 is 2.05 bits per heavy atom. The minimum absolute atomic E-state index is 0.205. The lowest BCUT2D eigenvalue weighted by molar-refractivity contribution is -0.179. The van der Waals surface area contributed by atoms with Crippen LogP contribution in [0.4, 0.5) is 0 Å². The van der Waals surface area contributed by atoms with Gasteiger partial charge >= 0.3 is 11.9 Å². The Balaban J connectivity index is 3.06. The quantitative estimate of drug-likeness (QED) is 0.476. The second-order valence-electron chi connectivity index (χ2n) is 5.46. The number of ether oxygens (including phenoxy) is 2. The van der Waals surface area contributed by atoms with Gasteiger partial charge in [-0.15, -0.1) is 0 Å². The summed E-state index contributed by atoms with van der Waals surface area (Å²) in [6.45, 7) is 5.36. The van der Waals surface area contributed by atoms with Gasteiger partial charge in [0.05, 0.1) is 19.3 Å². The van der Waals surface area contributed by atoms with Gasteiger partial charge in [-0.2, -0.15) is 0 Å². The summed E-state index contributed by atoms with van der Waals surface area (Å²) in [6, 6.07) is 0. The number of carbonyl (C=O) groups is 2. The molecule has 0 radical (unpaired) electrons. The van der Waals surface area contributed by atoms with E-state index < -0.39 is 29.4 Å². The van der Waals surface area contributed by atoms with Crippen molar-refractivity contribution in [2.75, 3.05) is 13.2 Å². The molecule has 0 aromatic heterocycles. The molecular formula is C15H26O5. The minimum Gasteiger partial charge on any atom is -0.465 e. The number of carbonyl (C=O) groups excluding carboxylic acids is 2. The number of hydrogen-bond donors (Lipinski definition) is 1. The van der Waals surface area contributed by atoms with Gasteiger partial charge in [0.25, 0.3) is 0 Å². The molecule has 0 aliphatic heterocycles. The van der Waals surface area contributed by atoms with Crippen LogP contribution in [-0.2, 0) is 19.1 Å². The Hall–Kier alpha value is -1.10. The van der Waals surface area contributed by atoms with Crippen LogP contribution < -0.4 is 0 Å². The maximum Gasteiger partial charge on any atom is 0.323 e. The molecule has 1 rings (SSSR count). The zero-order valence-electron chi connectivity index (χ0n) is 12.7. The Kier molecular flexibility index (Phi) is 6.46. The van der Waals surface area contributed by atoms with E-state index in [4.69, 9.17) is 9.47 Å². The third-order valence-electron chi connectivity index (χ3n) is 4.12. The Labute approximate surface area is 120 Å². The van der Waals surface area contributed by atoms with Crippen molar-refractivity contribution in [1.82, 2.24) is 0 Å². The molecule has 0 heterocycles. The van der Waals surface area contributed by atoms with E-state index in [1.54, 1.807) is 20.8 Å². The van der Waals surface area contributed by atoms with E-state index in [-0.39, 0.29) is 13.2 Å². The molecule has 1 fully saturated rings. The van der Waals surface area contributed by atoms with Crippen LogP contribution in [0.3, 0.4) is 0 Å². The molecule has 0 spiro atoms. The smallest absolute Gasteiger partial charge is 0.323 e. The molecule has 0 aromatic rings. The van der Waals surface area contributed by atoms with Crippen molar-refractivity contribution < 1.29 is 24.2 Å². The molecule has 1 aliphatic rings. The van der Waals surface area contributed by atoms with Gasteiger partial charge in [-0.3, -0.25) is 9.59 Å². The summed E-state index contributed by atoms with van der Waals surface area (Å²) < 4.78 is 10.1. The molecule has 1 saturated carbocycles. The Morgan fingerprint density at radius 1 is 1.05 bits per heavy atom. The summed E-state index contributed by atoms with van der Waals surface area (Å²) in [4.78, 5) is 24.6. The van der Waals surface area contributed by atoms with Crippen molar-refractivity contribution >= 4 is 11.9 Å². The molecule has 0 amide bonds. The second-order valence-corrected chi connectivity index (χ2v) is 5.46. The summed E-state index contributed by atoms with van der Waals surface area (Å²) in [6.07, 6.45) is 3.40. The SMILES string of the molecule is CCOC(=O)C(C)(C(=O)OCC)C1CCCCCC1O. The molecule has 0 aromatic carbocycles. The van der Waals surface area contributed by atoms with Crippen LogP contribution in [0.25, 0.3) is 0 Å². The summed E-state index contributed by atoms with van der Waals surface area (Å²) in [5.41, 5.74) is -1.42. The molecule has 5 nitrogen and oxygen atoms in total. The van der Waals surface area contributed by atoms with Crippen LogP contribution >= 0.6 is 0 Å². The van der Waals surface area contributed by atoms with Crippen molar-refractivity contribution in [2.45, 2.75) is 59.0 Å². The molecule has 1 N–H and O–H groups in total. The average molecular weight is 286 g/mol. The first-order valence-corrected chi connectivity index (χ1v) is 7.50. The molecule has 0 bridgehead atoms. The van der Waals surface area contributed by atoms with Crippen LogP contribution in [-0.4, -0.2) is 36.4 Å². The maximum atomic E-state index is 12.3. The van der Waals surface area contributed by atoms with E-state index in [1.165, 1.54) is 0 Å². The highest BCUT2D eigenvalue weighted by atomic mass is 16.6. The fourth-order valence-electron chi connectivity index (χ4n) is 2.91. The lowest BCUT2D eigenvalue weighted by Crippen LogP contribution is -2.49. The zero-order valence-corrected chi connectivity index (χ0v) is 12.7. The Bertz CT molecular complexity index is 321. The van der Waals surface area contributed by atoms with Gasteiger partial charge in [0, 0.05) is 5.92 Å². The summed E-state index contributed by atoms with van der Waals surface area (Å²) in [7, 11) is 0. The molecule has 2 unspecified atom stereocenters. The van der Waals surface area contributed by atoms with Crippen molar-refractivity contribution in [3.05, 3.63) is 0 Å². The molecule has 20 heavy (non-hydrogen) atoms. The number of aliphatic hydroxyl groups excluding tert-OH is 1. The highest BCUT2D eigenvalue weighted by Crippen LogP contribution is 2.40. The average Bonchev–Trinajstić information content (AvgIpc) is 2.63. The van der Waals surface area contributed by atoms with Gasteiger partial charge in [-0.1, -0.05) is 19.3 Å². The van der Waals surface area contributed by atoms with Crippen molar-refractivity contribution in [3.63, 3.8) is 0 Å². The predicted molar refractivity (Wildman–Crippen MR) is 74.0 cm³/mol. The fraction of sp³-hybridized carbons (Fsp3) is 0.867. The molecule has 5 heteroatoms.